The molecule has 1 aliphatic heterocycles. The van der Waals surface area contributed by atoms with Crippen molar-refractivity contribution in [2.45, 2.75) is 18.0 Å². The molecule has 1 amide bonds. The average molecular weight is 429 g/mol. The molecule has 1 aliphatic rings. The van der Waals surface area contributed by atoms with Gasteiger partial charge in [-0.25, -0.2) is 9.97 Å². The maximum Gasteiger partial charge on any atom is 0.405 e. The number of alkyl halides is 3. The molecule has 0 bridgehead atoms. The van der Waals surface area contributed by atoms with Gasteiger partial charge in [0.2, 0.25) is 11.7 Å². The van der Waals surface area contributed by atoms with Gasteiger partial charge < -0.3 is 14.4 Å². The summed E-state index contributed by atoms with van der Waals surface area (Å²) in [6.45, 7) is -0.784. The van der Waals surface area contributed by atoms with E-state index in [1.165, 1.54) is 24.8 Å². The molecule has 1 fully saturated rings. The lowest BCUT2D eigenvalue weighted by Gasteiger charge is -2.27. The van der Waals surface area contributed by atoms with E-state index in [4.69, 9.17) is 4.52 Å². The molecule has 5 rings (SSSR count). The predicted molar refractivity (Wildman–Crippen MR) is 99.7 cm³/mol. The monoisotopic (exact) mass is 429 g/mol. The Hall–Kier alpha value is -3.83. The molecule has 1 unspecified atom stereocenters. The first kappa shape index (κ1) is 19.2. The van der Waals surface area contributed by atoms with Crippen LogP contribution in [0.25, 0.3) is 22.6 Å². The topological polar surface area (TPSA) is 114 Å². The highest BCUT2D eigenvalue weighted by Gasteiger charge is 2.63. The zero-order valence-electron chi connectivity index (χ0n) is 15.8. The van der Waals surface area contributed by atoms with Gasteiger partial charge in [-0.2, -0.15) is 18.2 Å². The predicted octanol–water partition coefficient (Wildman–Crippen LogP) is 2.75. The summed E-state index contributed by atoms with van der Waals surface area (Å²) >= 11 is 0. The second kappa shape index (κ2) is 6.86. The first-order valence-electron chi connectivity index (χ1n) is 9.28. The van der Waals surface area contributed by atoms with Gasteiger partial charge in [0.15, 0.2) is 11.1 Å². The number of carbonyl (C=O) groups excluding carboxylic acids is 1. The highest BCUT2D eigenvalue weighted by Crippen LogP contribution is 2.47. The van der Waals surface area contributed by atoms with Gasteiger partial charge in [0.1, 0.15) is 5.69 Å². The number of aromatic amines is 1. The van der Waals surface area contributed by atoms with E-state index in [2.05, 4.69) is 30.1 Å². The van der Waals surface area contributed by atoms with E-state index < -0.39 is 36.4 Å². The number of aromatic nitrogens is 6. The van der Waals surface area contributed by atoms with Crippen molar-refractivity contribution >= 4 is 17.1 Å². The van der Waals surface area contributed by atoms with Crippen LogP contribution < -0.4 is 0 Å². The van der Waals surface area contributed by atoms with E-state index in [1.807, 2.05) is 0 Å². The van der Waals surface area contributed by atoms with E-state index in [1.54, 1.807) is 18.2 Å². The number of nitrogens with one attached hydrogen (secondary N) is 1. The number of likely N-dealkylation sites (tertiary alicyclic amines) is 1. The van der Waals surface area contributed by atoms with E-state index in [0.717, 1.165) is 4.90 Å². The molecule has 5 heterocycles. The summed E-state index contributed by atoms with van der Waals surface area (Å²) in [4.78, 5) is 32.8. The highest BCUT2D eigenvalue weighted by atomic mass is 19.4. The lowest BCUT2D eigenvalue weighted by atomic mass is 9.86. The van der Waals surface area contributed by atoms with Crippen LogP contribution in [-0.2, 0) is 5.41 Å². The van der Waals surface area contributed by atoms with Gasteiger partial charge in [-0.05, 0) is 30.7 Å². The number of carbonyl (C=O) groups is 1. The van der Waals surface area contributed by atoms with Gasteiger partial charge >= 0.3 is 6.18 Å². The molecule has 1 saturated heterocycles. The first-order valence-corrected chi connectivity index (χ1v) is 9.28. The van der Waals surface area contributed by atoms with Crippen LogP contribution in [0, 0.1) is 0 Å². The molecule has 158 valence electrons. The van der Waals surface area contributed by atoms with E-state index >= 15 is 0 Å². The Morgan fingerprint density at radius 3 is 2.87 bits per heavy atom. The molecule has 0 spiro atoms. The van der Waals surface area contributed by atoms with Crippen molar-refractivity contribution in [3.05, 3.63) is 54.6 Å². The van der Waals surface area contributed by atoms with Crippen molar-refractivity contribution in [3.63, 3.8) is 0 Å². The number of hydrogen-bond donors (Lipinski definition) is 1. The Morgan fingerprint density at radius 2 is 2.10 bits per heavy atom. The second-order valence-corrected chi connectivity index (χ2v) is 7.19. The fourth-order valence-electron chi connectivity index (χ4n) is 3.64. The van der Waals surface area contributed by atoms with E-state index in [9.17, 15) is 18.0 Å². The van der Waals surface area contributed by atoms with Crippen LogP contribution in [0.15, 0.2) is 47.5 Å². The zero-order chi connectivity index (χ0) is 21.6. The molecule has 4 aromatic heterocycles. The number of H-pyrrole nitrogens is 1. The van der Waals surface area contributed by atoms with Gasteiger partial charge in [-0.1, -0.05) is 5.16 Å². The normalized spacial score (nSPS) is 19.3. The average Bonchev–Trinajstić information content (AvgIpc) is 3.52. The molecule has 12 heteroatoms. The van der Waals surface area contributed by atoms with Crippen molar-refractivity contribution in [3.8, 4) is 11.4 Å². The number of fused-ring (bicyclic) bond motifs is 1. The quantitative estimate of drug-likeness (QED) is 0.533. The molecular weight excluding hydrogens is 415 g/mol. The largest absolute Gasteiger partial charge is 0.405 e. The van der Waals surface area contributed by atoms with Crippen molar-refractivity contribution in [2.24, 2.45) is 0 Å². The minimum atomic E-state index is -4.71. The molecule has 0 aliphatic carbocycles. The summed E-state index contributed by atoms with van der Waals surface area (Å²) in [6.07, 6.45) is -0.736. The highest BCUT2D eigenvalue weighted by molar-refractivity contribution is 5.94. The van der Waals surface area contributed by atoms with E-state index in [0.29, 0.717) is 16.7 Å². The van der Waals surface area contributed by atoms with Crippen LogP contribution in [0.5, 0.6) is 0 Å². The lowest BCUT2D eigenvalue weighted by molar-refractivity contribution is -0.193. The number of imidazole rings is 1. The van der Waals surface area contributed by atoms with Crippen molar-refractivity contribution in [1.82, 2.24) is 35.0 Å². The van der Waals surface area contributed by atoms with Crippen molar-refractivity contribution in [2.75, 3.05) is 13.1 Å². The summed E-state index contributed by atoms with van der Waals surface area (Å²) < 4.78 is 47.7. The van der Waals surface area contributed by atoms with Gasteiger partial charge in [0.05, 0.1) is 11.8 Å². The number of amides is 1. The number of hydrogen-bond acceptors (Lipinski definition) is 7. The van der Waals surface area contributed by atoms with Crippen LogP contribution >= 0.6 is 0 Å². The molecule has 1 atom stereocenters. The summed E-state index contributed by atoms with van der Waals surface area (Å²) in [6, 6.07) is 6.28. The second-order valence-electron chi connectivity index (χ2n) is 7.19. The molecule has 0 saturated carbocycles. The molecular formula is C19H14F3N7O2. The Kier molecular flexibility index (Phi) is 4.24. The fourth-order valence-corrected chi connectivity index (χ4v) is 3.64. The number of pyridine rings is 2. The van der Waals surface area contributed by atoms with Crippen LogP contribution in [0.4, 0.5) is 13.2 Å². The van der Waals surface area contributed by atoms with Crippen LogP contribution in [0.3, 0.4) is 0 Å². The molecule has 4 aromatic rings. The van der Waals surface area contributed by atoms with Crippen molar-refractivity contribution in [1.29, 1.82) is 0 Å². The third-order valence-electron chi connectivity index (χ3n) is 5.36. The van der Waals surface area contributed by atoms with Crippen LogP contribution in [-0.4, -0.2) is 60.1 Å². The van der Waals surface area contributed by atoms with Gasteiger partial charge in [-0.3, -0.25) is 9.78 Å². The molecule has 9 nitrogen and oxygen atoms in total. The minimum absolute atomic E-state index is 0.00199. The fraction of sp³-hybridized carbons (Fsp3) is 0.263. The zero-order valence-corrected chi connectivity index (χ0v) is 15.8. The summed E-state index contributed by atoms with van der Waals surface area (Å²) in [5.74, 6) is -1.20. The smallest absolute Gasteiger partial charge is 0.343 e. The maximum atomic E-state index is 14.2. The third kappa shape index (κ3) is 3.10. The molecule has 0 radical (unpaired) electrons. The minimum Gasteiger partial charge on any atom is -0.343 e. The van der Waals surface area contributed by atoms with E-state index in [-0.39, 0.29) is 18.1 Å². The Balaban J connectivity index is 1.46. The molecule has 0 aromatic carbocycles. The standard InChI is InChI=1S/C19H14F3N7O2/c20-19(21,22)18(17-27-14(28-31-17)11-2-1-6-23-8-11)5-7-29(9-18)16(30)13-4-3-12-15(26-13)25-10-24-12/h1-4,6,8,10H,5,7,9H2,(H,24,25,26). The van der Waals surface area contributed by atoms with Gasteiger partial charge in [-0.15, -0.1) is 0 Å². The Bertz CT molecular complexity index is 1250. The Morgan fingerprint density at radius 1 is 1.23 bits per heavy atom. The number of halogens is 3. The maximum absolute atomic E-state index is 14.2. The summed E-state index contributed by atoms with van der Waals surface area (Å²) in [7, 11) is 0. The van der Waals surface area contributed by atoms with Crippen molar-refractivity contribution < 1.29 is 22.5 Å². The van der Waals surface area contributed by atoms with Gasteiger partial charge in [0.25, 0.3) is 5.91 Å². The van der Waals surface area contributed by atoms with Crippen LogP contribution in [0.1, 0.15) is 22.8 Å². The number of nitrogens with zero attached hydrogens (tertiary/aromatic N) is 6. The molecule has 31 heavy (non-hydrogen) atoms. The first-order chi connectivity index (χ1) is 14.9. The Labute approximate surface area is 172 Å². The summed E-state index contributed by atoms with van der Waals surface area (Å²) in [5, 5.41) is 3.69. The number of rotatable bonds is 3. The lowest BCUT2D eigenvalue weighted by Crippen LogP contribution is -2.46. The third-order valence-corrected chi connectivity index (χ3v) is 5.36. The summed E-state index contributed by atoms with van der Waals surface area (Å²) in [5.41, 5.74) is -1.09. The SMILES string of the molecule is O=C(c1ccc2[nH]cnc2n1)N1CCC(c2nc(-c3cccnc3)no2)(C(F)(F)F)C1. The van der Waals surface area contributed by atoms with Crippen LogP contribution in [0.2, 0.25) is 0 Å². The molecule has 1 N–H and O–H groups in total. The van der Waals surface area contributed by atoms with Gasteiger partial charge in [0, 0.05) is 31.0 Å².